The minimum atomic E-state index is -0.0697. The Balaban J connectivity index is 1.77. The van der Waals surface area contributed by atoms with Gasteiger partial charge in [0.05, 0.1) is 0 Å². The molecule has 1 aliphatic heterocycles. The fraction of sp³-hybridized carbons (Fsp3) is 0.368. The van der Waals surface area contributed by atoms with Crippen LogP contribution in [0.25, 0.3) is 0 Å². The third-order valence-corrected chi connectivity index (χ3v) is 4.84. The first kappa shape index (κ1) is 14.6. The first-order valence-corrected chi connectivity index (χ1v) is 8.36. The number of hydrogen-bond acceptors (Lipinski definition) is 1. The van der Waals surface area contributed by atoms with E-state index in [4.69, 9.17) is 4.74 Å². The van der Waals surface area contributed by atoms with E-state index in [1.165, 1.54) is 22.3 Å². The second-order valence-corrected chi connectivity index (χ2v) is 7.67. The van der Waals surface area contributed by atoms with Gasteiger partial charge in [-0.05, 0) is 49.9 Å². The SMILES string of the molecule is Cc1ccc(CC(Br)c2ccc3c(c2)CC(C)(C)O3)cc1. The van der Waals surface area contributed by atoms with E-state index < -0.39 is 0 Å². The van der Waals surface area contributed by atoms with Crippen LogP contribution in [0.15, 0.2) is 42.5 Å². The van der Waals surface area contributed by atoms with Gasteiger partial charge in [-0.2, -0.15) is 0 Å². The molecule has 0 saturated carbocycles. The fourth-order valence-corrected chi connectivity index (χ4v) is 3.53. The molecule has 0 bridgehead atoms. The van der Waals surface area contributed by atoms with Crippen LogP contribution in [-0.2, 0) is 12.8 Å². The van der Waals surface area contributed by atoms with Crippen LogP contribution in [0.1, 0.15) is 40.9 Å². The predicted octanol–water partition coefficient (Wildman–Crippen LogP) is 5.39. The molecule has 0 spiro atoms. The number of aryl methyl sites for hydroxylation is 1. The Labute approximate surface area is 135 Å². The summed E-state index contributed by atoms with van der Waals surface area (Å²) in [5, 5.41) is 0. The van der Waals surface area contributed by atoms with Crippen LogP contribution in [0.2, 0.25) is 0 Å². The largest absolute Gasteiger partial charge is 0.487 e. The maximum atomic E-state index is 5.95. The van der Waals surface area contributed by atoms with Crippen molar-refractivity contribution in [3.8, 4) is 5.75 Å². The normalized spacial score (nSPS) is 17.1. The number of rotatable bonds is 3. The van der Waals surface area contributed by atoms with E-state index in [2.05, 4.69) is 79.2 Å². The molecule has 1 unspecified atom stereocenters. The van der Waals surface area contributed by atoms with Gasteiger partial charge in [0.1, 0.15) is 11.4 Å². The molecule has 0 amide bonds. The van der Waals surface area contributed by atoms with Crippen molar-refractivity contribution in [2.75, 3.05) is 0 Å². The first-order valence-electron chi connectivity index (χ1n) is 7.44. The van der Waals surface area contributed by atoms with Crippen molar-refractivity contribution in [1.29, 1.82) is 0 Å². The van der Waals surface area contributed by atoms with E-state index in [9.17, 15) is 0 Å². The van der Waals surface area contributed by atoms with E-state index in [0.717, 1.165) is 18.6 Å². The summed E-state index contributed by atoms with van der Waals surface area (Å²) in [5.74, 6) is 1.04. The second-order valence-electron chi connectivity index (χ2n) is 6.56. The summed E-state index contributed by atoms with van der Waals surface area (Å²) < 4.78 is 5.95. The molecule has 1 nitrogen and oxygen atoms in total. The molecular formula is C19H21BrO. The minimum Gasteiger partial charge on any atom is -0.487 e. The monoisotopic (exact) mass is 344 g/mol. The lowest BCUT2D eigenvalue weighted by molar-refractivity contribution is 0.138. The van der Waals surface area contributed by atoms with E-state index >= 15 is 0 Å². The van der Waals surface area contributed by atoms with Crippen molar-refractivity contribution in [1.82, 2.24) is 0 Å². The number of hydrogen-bond donors (Lipinski definition) is 0. The highest BCUT2D eigenvalue weighted by molar-refractivity contribution is 9.09. The zero-order chi connectivity index (χ0) is 15.0. The smallest absolute Gasteiger partial charge is 0.123 e. The average molecular weight is 345 g/mol. The molecule has 0 aliphatic carbocycles. The molecule has 0 radical (unpaired) electrons. The molecular weight excluding hydrogens is 324 g/mol. The lowest BCUT2D eigenvalue weighted by atomic mass is 9.97. The first-order chi connectivity index (χ1) is 9.93. The van der Waals surface area contributed by atoms with Crippen LogP contribution in [-0.4, -0.2) is 5.60 Å². The zero-order valence-corrected chi connectivity index (χ0v) is 14.4. The highest BCUT2D eigenvalue weighted by atomic mass is 79.9. The van der Waals surface area contributed by atoms with Gasteiger partial charge in [-0.25, -0.2) is 0 Å². The van der Waals surface area contributed by atoms with E-state index in [1.807, 2.05) is 0 Å². The molecule has 0 saturated heterocycles. The molecule has 1 aliphatic rings. The van der Waals surface area contributed by atoms with Crippen molar-refractivity contribution >= 4 is 15.9 Å². The van der Waals surface area contributed by atoms with Gasteiger partial charge < -0.3 is 4.74 Å². The summed E-state index contributed by atoms with van der Waals surface area (Å²) in [6.45, 7) is 6.41. The topological polar surface area (TPSA) is 9.23 Å². The van der Waals surface area contributed by atoms with Gasteiger partial charge in [0.15, 0.2) is 0 Å². The van der Waals surface area contributed by atoms with E-state index in [-0.39, 0.29) is 5.60 Å². The fourth-order valence-electron chi connectivity index (χ4n) is 2.87. The summed E-state index contributed by atoms with van der Waals surface area (Å²) in [7, 11) is 0. The van der Waals surface area contributed by atoms with Crippen LogP contribution in [0, 0.1) is 6.92 Å². The summed E-state index contributed by atoms with van der Waals surface area (Å²) in [4.78, 5) is 0.342. The predicted molar refractivity (Wildman–Crippen MR) is 91.4 cm³/mol. The van der Waals surface area contributed by atoms with Crippen molar-refractivity contribution < 1.29 is 4.74 Å². The highest BCUT2D eigenvalue weighted by Gasteiger charge is 2.30. The van der Waals surface area contributed by atoms with Gasteiger partial charge in [0, 0.05) is 11.2 Å². The van der Waals surface area contributed by atoms with Crippen molar-refractivity contribution in [2.24, 2.45) is 0 Å². The van der Waals surface area contributed by atoms with Gasteiger partial charge in [-0.3, -0.25) is 0 Å². The van der Waals surface area contributed by atoms with Gasteiger partial charge in [0.25, 0.3) is 0 Å². The van der Waals surface area contributed by atoms with Crippen molar-refractivity contribution in [3.05, 3.63) is 64.7 Å². The highest BCUT2D eigenvalue weighted by Crippen LogP contribution is 2.38. The summed E-state index contributed by atoms with van der Waals surface area (Å²) in [6, 6.07) is 15.4. The number of benzene rings is 2. The molecule has 2 aromatic carbocycles. The Hall–Kier alpha value is -1.28. The van der Waals surface area contributed by atoms with Gasteiger partial charge >= 0.3 is 0 Å². The van der Waals surface area contributed by atoms with Crippen LogP contribution in [0.5, 0.6) is 5.75 Å². The van der Waals surface area contributed by atoms with Crippen molar-refractivity contribution in [3.63, 3.8) is 0 Å². The van der Waals surface area contributed by atoms with Gasteiger partial charge in [-0.1, -0.05) is 57.9 Å². The Morgan fingerprint density at radius 3 is 2.57 bits per heavy atom. The standard InChI is InChI=1S/C19H21BrO/c1-13-4-6-14(7-5-13)10-17(20)15-8-9-18-16(11-15)12-19(2,3)21-18/h4-9,11,17H,10,12H2,1-3H3. The summed E-state index contributed by atoms with van der Waals surface area (Å²) in [6.07, 6.45) is 1.99. The second kappa shape index (κ2) is 5.49. The Bertz CT molecular complexity index is 643. The number of ether oxygens (including phenoxy) is 1. The molecule has 21 heavy (non-hydrogen) atoms. The maximum absolute atomic E-state index is 5.95. The number of alkyl halides is 1. The van der Waals surface area contributed by atoms with Crippen molar-refractivity contribution in [2.45, 2.75) is 44.0 Å². The van der Waals surface area contributed by atoms with Gasteiger partial charge in [0.2, 0.25) is 0 Å². The third kappa shape index (κ3) is 3.32. The van der Waals surface area contributed by atoms with E-state index in [1.54, 1.807) is 0 Å². The van der Waals surface area contributed by atoms with Crippen LogP contribution >= 0.6 is 15.9 Å². The molecule has 2 aromatic rings. The Morgan fingerprint density at radius 2 is 1.86 bits per heavy atom. The number of halogens is 1. The molecule has 1 heterocycles. The molecule has 0 aromatic heterocycles. The average Bonchev–Trinajstić information content (AvgIpc) is 2.74. The number of fused-ring (bicyclic) bond motifs is 1. The summed E-state index contributed by atoms with van der Waals surface area (Å²) >= 11 is 3.84. The quantitative estimate of drug-likeness (QED) is 0.678. The Kier molecular flexibility index (Phi) is 3.83. The van der Waals surface area contributed by atoms with Gasteiger partial charge in [-0.15, -0.1) is 0 Å². The minimum absolute atomic E-state index is 0.0697. The molecule has 110 valence electrons. The van der Waals surface area contributed by atoms with Crippen LogP contribution in [0.4, 0.5) is 0 Å². The molecule has 0 N–H and O–H groups in total. The maximum Gasteiger partial charge on any atom is 0.123 e. The lowest BCUT2D eigenvalue weighted by Gasteiger charge is -2.16. The molecule has 0 fully saturated rings. The lowest BCUT2D eigenvalue weighted by Crippen LogP contribution is -2.24. The molecule has 3 rings (SSSR count). The molecule has 1 atom stereocenters. The van der Waals surface area contributed by atoms with E-state index in [0.29, 0.717) is 4.83 Å². The molecule has 2 heteroatoms. The Morgan fingerprint density at radius 1 is 1.14 bits per heavy atom. The third-order valence-electron chi connectivity index (χ3n) is 3.98. The van der Waals surface area contributed by atoms with Crippen LogP contribution in [0.3, 0.4) is 0 Å². The van der Waals surface area contributed by atoms with Crippen LogP contribution < -0.4 is 4.74 Å². The summed E-state index contributed by atoms with van der Waals surface area (Å²) in [5.41, 5.74) is 5.25. The zero-order valence-electron chi connectivity index (χ0n) is 12.8.